The van der Waals surface area contributed by atoms with E-state index in [4.69, 9.17) is 0 Å². The number of H-pyrrole nitrogens is 1. The fraction of sp³-hybridized carbons (Fsp3) is 0. The third-order valence-corrected chi connectivity index (χ3v) is 3.53. The van der Waals surface area contributed by atoms with Gasteiger partial charge in [0.05, 0.1) is 5.57 Å². The van der Waals surface area contributed by atoms with Gasteiger partial charge in [0.2, 0.25) is 0 Å². The molecule has 3 heterocycles. The minimum absolute atomic E-state index is 0.283. The van der Waals surface area contributed by atoms with E-state index in [-0.39, 0.29) is 5.57 Å². The molecule has 0 aliphatic heterocycles. The average Bonchev–Trinajstić information content (AvgIpc) is 3.05. The summed E-state index contributed by atoms with van der Waals surface area (Å²) in [5.74, 6) is -0.934. The first-order chi connectivity index (χ1) is 9.25. The second-order valence-electron chi connectivity index (χ2n) is 4.02. The number of aromatic nitrogens is 2. The van der Waals surface area contributed by atoms with E-state index in [1.807, 2.05) is 22.9 Å². The number of aromatic amines is 1. The average molecular weight is 270 g/mol. The molecule has 0 amide bonds. The van der Waals surface area contributed by atoms with E-state index in [0.29, 0.717) is 0 Å². The number of nitrogens with zero attached hydrogens (tertiary/aromatic N) is 1. The first-order valence-corrected chi connectivity index (χ1v) is 6.59. The number of thiophene rings is 1. The van der Waals surface area contributed by atoms with Crippen LogP contribution in [0.25, 0.3) is 22.7 Å². The lowest BCUT2D eigenvalue weighted by atomic mass is 10.1. The van der Waals surface area contributed by atoms with Crippen molar-refractivity contribution < 1.29 is 9.90 Å². The van der Waals surface area contributed by atoms with Gasteiger partial charge in [-0.3, -0.25) is 0 Å². The number of pyridine rings is 1. The number of carboxylic acid groups (broad SMARTS) is 1. The van der Waals surface area contributed by atoms with Gasteiger partial charge >= 0.3 is 5.97 Å². The normalized spacial score (nSPS) is 11.9. The highest BCUT2D eigenvalue weighted by molar-refractivity contribution is 7.08. The predicted molar refractivity (Wildman–Crippen MR) is 75.9 cm³/mol. The molecule has 3 rings (SSSR count). The molecule has 3 aromatic rings. The molecule has 0 radical (unpaired) electrons. The van der Waals surface area contributed by atoms with Gasteiger partial charge in [-0.25, -0.2) is 9.78 Å². The molecular weight excluding hydrogens is 260 g/mol. The van der Waals surface area contributed by atoms with E-state index < -0.39 is 5.97 Å². The topological polar surface area (TPSA) is 66.0 Å². The number of aliphatic carboxylic acids is 1. The van der Waals surface area contributed by atoms with Crippen LogP contribution in [0.3, 0.4) is 0 Å². The highest BCUT2D eigenvalue weighted by Gasteiger charge is 2.12. The number of rotatable bonds is 3. The molecule has 5 heteroatoms. The summed E-state index contributed by atoms with van der Waals surface area (Å²) in [6.45, 7) is 0. The van der Waals surface area contributed by atoms with Crippen molar-refractivity contribution in [1.82, 2.24) is 9.97 Å². The van der Waals surface area contributed by atoms with Crippen molar-refractivity contribution in [2.45, 2.75) is 0 Å². The first kappa shape index (κ1) is 11.7. The summed E-state index contributed by atoms with van der Waals surface area (Å²) in [6.07, 6.45) is 5.14. The Morgan fingerprint density at radius 3 is 3.05 bits per heavy atom. The van der Waals surface area contributed by atoms with Crippen LogP contribution in [0.4, 0.5) is 0 Å². The third kappa shape index (κ3) is 2.15. The Kier molecular flexibility index (Phi) is 2.89. The smallest absolute Gasteiger partial charge is 0.336 e. The number of hydrogen-bond donors (Lipinski definition) is 2. The summed E-state index contributed by atoms with van der Waals surface area (Å²) >= 11 is 1.48. The van der Waals surface area contributed by atoms with Gasteiger partial charge < -0.3 is 10.1 Å². The number of carboxylic acids is 1. The van der Waals surface area contributed by atoms with Crippen LogP contribution in [0, 0.1) is 0 Å². The summed E-state index contributed by atoms with van der Waals surface area (Å²) in [6, 6.07) is 5.55. The van der Waals surface area contributed by atoms with Crippen LogP contribution < -0.4 is 0 Å². The van der Waals surface area contributed by atoms with Gasteiger partial charge in [0.25, 0.3) is 0 Å². The molecule has 94 valence electrons. The Hall–Kier alpha value is -2.40. The lowest BCUT2D eigenvalue weighted by Crippen LogP contribution is -1.98. The van der Waals surface area contributed by atoms with Crippen LogP contribution in [0.2, 0.25) is 0 Å². The second-order valence-corrected chi connectivity index (χ2v) is 4.80. The summed E-state index contributed by atoms with van der Waals surface area (Å²) in [5.41, 5.74) is 2.58. The monoisotopic (exact) mass is 270 g/mol. The molecular formula is C14H10N2O2S. The zero-order chi connectivity index (χ0) is 13.2. The number of fused-ring (bicyclic) bond motifs is 1. The molecule has 0 bridgehead atoms. The molecule has 19 heavy (non-hydrogen) atoms. The van der Waals surface area contributed by atoms with Crippen LogP contribution in [-0.2, 0) is 4.79 Å². The third-order valence-electron chi connectivity index (χ3n) is 2.85. The number of nitrogens with one attached hydrogen (secondary N) is 1. The first-order valence-electron chi connectivity index (χ1n) is 5.65. The highest BCUT2D eigenvalue weighted by atomic mass is 32.1. The maximum atomic E-state index is 11.4. The molecule has 0 spiro atoms. The molecule has 0 unspecified atom stereocenters. The molecule has 0 fully saturated rings. The molecule has 4 nitrogen and oxygen atoms in total. The molecule has 2 N–H and O–H groups in total. The Labute approximate surface area is 113 Å². The van der Waals surface area contributed by atoms with Crippen LogP contribution in [0.5, 0.6) is 0 Å². The minimum atomic E-state index is -0.934. The summed E-state index contributed by atoms with van der Waals surface area (Å²) in [5, 5.41) is 13.9. The Morgan fingerprint density at radius 1 is 1.42 bits per heavy atom. The highest BCUT2D eigenvalue weighted by Crippen LogP contribution is 2.24. The van der Waals surface area contributed by atoms with E-state index in [0.717, 1.165) is 22.2 Å². The van der Waals surface area contributed by atoms with Crippen molar-refractivity contribution in [1.29, 1.82) is 0 Å². The second kappa shape index (κ2) is 4.70. The van der Waals surface area contributed by atoms with Crippen LogP contribution in [0.15, 0.2) is 41.4 Å². The fourth-order valence-corrected chi connectivity index (χ4v) is 2.59. The summed E-state index contributed by atoms with van der Waals surface area (Å²) in [7, 11) is 0. The van der Waals surface area contributed by atoms with E-state index >= 15 is 0 Å². The minimum Gasteiger partial charge on any atom is -0.478 e. The number of carbonyl (C=O) groups is 1. The molecule has 0 atom stereocenters. The Balaban J connectivity index is 2.15. The van der Waals surface area contributed by atoms with Crippen molar-refractivity contribution in [2.75, 3.05) is 0 Å². The summed E-state index contributed by atoms with van der Waals surface area (Å²) in [4.78, 5) is 18.6. The summed E-state index contributed by atoms with van der Waals surface area (Å²) < 4.78 is 0. The lowest BCUT2D eigenvalue weighted by molar-refractivity contribution is -0.130. The van der Waals surface area contributed by atoms with Crippen LogP contribution in [0.1, 0.15) is 11.1 Å². The maximum absolute atomic E-state index is 11.4. The van der Waals surface area contributed by atoms with E-state index in [1.165, 1.54) is 11.3 Å². The van der Waals surface area contributed by atoms with Crippen molar-refractivity contribution in [3.63, 3.8) is 0 Å². The Morgan fingerprint density at radius 2 is 2.32 bits per heavy atom. The predicted octanol–water partition coefficient (Wildman–Crippen LogP) is 3.25. The zero-order valence-corrected chi connectivity index (χ0v) is 10.6. The van der Waals surface area contributed by atoms with Crippen molar-refractivity contribution in [3.05, 3.63) is 52.5 Å². The molecule has 3 aromatic heterocycles. The van der Waals surface area contributed by atoms with Crippen molar-refractivity contribution >= 4 is 40.0 Å². The van der Waals surface area contributed by atoms with Crippen molar-refractivity contribution in [2.24, 2.45) is 0 Å². The van der Waals surface area contributed by atoms with Gasteiger partial charge in [-0.05, 0) is 40.6 Å². The Bertz CT molecular complexity index is 757. The standard InChI is InChI=1S/C14H10N2O2S/c17-14(18)12(9-3-5-19-8-9)6-10-7-16-13-11(10)2-1-4-15-13/h1-8H,(H,15,16)(H,17,18)/b12-6+. The molecule has 0 aromatic carbocycles. The van der Waals surface area contributed by atoms with Crippen molar-refractivity contribution in [3.8, 4) is 0 Å². The van der Waals surface area contributed by atoms with Gasteiger partial charge in [0, 0.05) is 23.3 Å². The van der Waals surface area contributed by atoms with Crippen LogP contribution in [-0.4, -0.2) is 21.0 Å². The van der Waals surface area contributed by atoms with E-state index in [2.05, 4.69) is 9.97 Å². The lowest BCUT2D eigenvalue weighted by Gasteiger charge is -1.99. The maximum Gasteiger partial charge on any atom is 0.336 e. The van der Waals surface area contributed by atoms with Gasteiger partial charge in [0.15, 0.2) is 0 Å². The van der Waals surface area contributed by atoms with Crippen LogP contribution >= 0.6 is 11.3 Å². The zero-order valence-electron chi connectivity index (χ0n) is 9.83. The largest absolute Gasteiger partial charge is 0.478 e. The number of hydrogen-bond acceptors (Lipinski definition) is 3. The van der Waals surface area contributed by atoms with E-state index in [1.54, 1.807) is 24.5 Å². The SMILES string of the molecule is O=C(O)/C(=C/c1c[nH]c2ncccc12)c1ccsc1. The van der Waals surface area contributed by atoms with Gasteiger partial charge in [-0.2, -0.15) is 11.3 Å². The van der Waals surface area contributed by atoms with Gasteiger partial charge in [-0.15, -0.1) is 0 Å². The molecule has 0 aliphatic carbocycles. The molecule has 0 aliphatic rings. The molecule has 0 saturated carbocycles. The quantitative estimate of drug-likeness (QED) is 0.718. The van der Waals surface area contributed by atoms with Gasteiger partial charge in [0.1, 0.15) is 5.65 Å². The van der Waals surface area contributed by atoms with Gasteiger partial charge in [-0.1, -0.05) is 0 Å². The fourth-order valence-electron chi connectivity index (χ4n) is 1.94. The van der Waals surface area contributed by atoms with E-state index in [9.17, 15) is 9.90 Å². The molecule has 0 saturated heterocycles.